The van der Waals surface area contributed by atoms with Crippen LogP contribution in [0.4, 0.5) is 11.4 Å². The first kappa shape index (κ1) is 15.1. The minimum absolute atomic E-state index is 0.0843. The number of benzene rings is 2. The van der Waals surface area contributed by atoms with E-state index in [0.29, 0.717) is 5.56 Å². The van der Waals surface area contributed by atoms with Crippen molar-refractivity contribution in [2.45, 2.75) is 26.2 Å². The van der Waals surface area contributed by atoms with Gasteiger partial charge in [0.05, 0.1) is 0 Å². The van der Waals surface area contributed by atoms with Crippen molar-refractivity contribution < 1.29 is 4.79 Å². The third kappa shape index (κ3) is 4.35. The van der Waals surface area contributed by atoms with Crippen molar-refractivity contribution in [2.75, 3.05) is 17.7 Å². The molecule has 0 aliphatic heterocycles. The number of unbranched alkanes of at least 4 members (excludes halogenated alkanes) is 1. The number of amides is 1. The van der Waals surface area contributed by atoms with Gasteiger partial charge in [-0.25, -0.2) is 0 Å². The Morgan fingerprint density at radius 1 is 0.952 bits per heavy atom. The summed E-state index contributed by atoms with van der Waals surface area (Å²) in [6.45, 7) is 2.19. The maximum Gasteiger partial charge on any atom is 0.255 e. The summed E-state index contributed by atoms with van der Waals surface area (Å²) in [7, 11) is 1.86. The quantitative estimate of drug-likeness (QED) is 0.828. The highest BCUT2D eigenvalue weighted by Crippen LogP contribution is 2.14. The van der Waals surface area contributed by atoms with E-state index in [0.717, 1.165) is 17.8 Å². The molecule has 2 rings (SSSR count). The molecule has 0 aromatic heterocycles. The van der Waals surface area contributed by atoms with Gasteiger partial charge in [-0.3, -0.25) is 4.79 Å². The highest BCUT2D eigenvalue weighted by Gasteiger charge is 2.05. The van der Waals surface area contributed by atoms with Crippen LogP contribution in [0.25, 0.3) is 0 Å². The zero-order valence-electron chi connectivity index (χ0n) is 12.6. The normalized spacial score (nSPS) is 10.2. The van der Waals surface area contributed by atoms with Gasteiger partial charge in [0, 0.05) is 24.0 Å². The number of rotatable bonds is 6. The number of aryl methyl sites for hydroxylation is 1. The molecule has 3 nitrogen and oxygen atoms in total. The average molecular weight is 282 g/mol. The van der Waals surface area contributed by atoms with Crippen LogP contribution < -0.4 is 10.6 Å². The third-order valence-electron chi connectivity index (χ3n) is 3.47. The lowest BCUT2D eigenvalue weighted by atomic mass is 10.1. The van der Waals surface area contributed by atoms with Crippen LogP contribution in [0, 0.1) is 0 Å². The highest BCUT2D eigenvalue weighted by atomic mass is 16.1. The maximum absolute atomic E-state index is 12.1. The molecule has 0 heterocycles. The van der Waals surface area contributed by atoms with Crippen LogP contribution in [0.15, 0.2) is 48.5 Å². The Balaban J connectivity index is 1.98. The Bertz CT molecular complexity index is 573. The molecular weight excluding hydrogens is 260 g/mol. The van der Waals surface area contributed by atoms with Crippen molar-refractivity contribution in [3.05, 3.63) is 59.7 Å². The first-order valence-electron chi connectivity index (χ1n) is 7.41. The van der Waals surface area contributed by atoms with Gasteiger partial charge in [-0.2, -0.15) is 0 Å². The number of nitrogens with one attached hydrogen (secondary N) is 2. The molecule has 0 aliphatic rings. The van der Waals surface area contributed by atoms with Crippen LogP contribution in [-0.2, 0) is 6.42 Å². The monoisotopic (exact) mass is 282 g/mol. The van der Waals surface area contributed by atoms with Crippen molar-refractivity contribution in [3.63, 3.8) is 0 Å². The fraction of sp³-hybridized carbons (Fsp3) is 0.278. The maximum atomic E-state index is 12.1. The van der Waals surface area contributed by atoms with Crippen LogP contribution in [-0.4, -0.2) is 13.0 Å². The summed E-state index contributed by atoms with van der Waals surface area (Å²) >= 11 is 0. The molecule has 0 unspecified atom stereocenters. The van der Waals surface area contributed by atoms with E-state index in [2.05, 4.69) is 29.7 Å². The summed E-state index contributed by atoms with van der Waals surface area (Å²) < 4.78 is 0. The lowest BCUT2D eigenvalue weighted by Crippen LogP contribution is -2.11. The van der Waals surface area contributed by atoms with Crippen LogP contribution in [0.3, 0.4) is 0 Å². The summed E-state index contributed by atoms with van der Waals surface area (Å²) in [6.07, 6.45) is 3.49. The minimum Gasteiger partial charge on any atom is -0.388 e. The van der Waals surface area contributed by atoms with E-state index < -0.39 is 0 Å². The van der Waals surface area contributed by atoms with Crippen LogP contribution in [0.2, 0.25) is 0 Å². The first-order chi connectivity index (χ1) is 10.2. The molecule has 0 saturated carbocycles. The molecule has 1 amide bonds. The first-order valence-corrected chi connectivity index (χ1v) is 7.41. The predicted octanol–water partition coefficient (Wildman–Crippen LogP) is 4.32. The Morgan fingerprint density at radius 3 is 2.14 bits per heavy atom. The number of carbonyl (C=O) groups excluding carboxylic acids is 1. The smallest absolute Gasteiger partial charge is 0.255 e. The fourth-order valence-corrected chi connectivity index (χ4v) is 2.13. The Hall–Kier alpha value is -2.29. The van der Waals surface area contributed by atoms with Gasteiger partial charge in [0.2, 0.25) is 0 Å². The standard InChI is InChI=1S/C18H22N2O/c1-3-4-5-14-6-10-17(11-7-14)20-18(21)15-8-12-16(19-2)13-9-15/h6-13,19H,3-5H2,1-2H3,(H,20,21). The molecule has 110 valence electrons. The topological polar surface area (TPSA) is 41.1 Å². The van der Waals surface area contributed by atoms with E-state index >= 15 is 0 Å². The van der Waals surface area contributed by atoms with Crippen molar-refractivity contribution in [1.82, 2.24) is 0 Å². The number of hydrogen-bond donors (Lipinski definition) is 2. The summed E-state index contributed by atoms with van der Waals surface area (Å²) in [6, 6.07) is 15.5. The van der Waals surface area contributed by atoms with Gasteiger partial charge in [0.1, 0.15) is 0 Å². The van der Waals surface area contributed by atoms with Crippen molar-refractivity contribution in [1.29, 1.82) is 0 Å². The van der Waals surface area contributed by atoms with Gasteiger partial charge < -0.3 is 10.6 Å². The van der Waals surface area contributed by atoms with E-state index in [1.807, 2.05) is 43.4 Å². The van der Waals surface area contributed by atoms with Crippen molar-refractivity contribution >= 4 is 17.3 Å². The zero-order chi connectivity index (χ0) is 15.1. The number of hydrogen-bond acceptors (Lipinski definition) is 2. The fourth-order valence-electron chi connectivity index (χ4n) is 2.13. The van der Waals surface area contributed by atoms with Crippen molar-refractivity contribution in [3.8, 4) is 0 Å². The average Bonchev–Trinajstić information content (AvgIpc) is 2.54. The summed E-state index contributed by atoms with van der Waals surface area (Å²) in [5, 5.41) is 5.95. The molecule has 0 fully saturated rings. The van der Waals surface area contributed by atoms with Crippen LogP contribution in [0.5, 0.6) is 0 Å². The van der Waals surface area contributed by atoms with Crippen LogP contribution >= 0.6 is 0 Å². The van der Waals surface area contributed by atoms with Crippen LogP contribution in [0.1, 0.15) is 35.7 Å². The molecule has 3 heteroatoms. The van der Waals surface area contributed by atoms with E-state index in [4.69, 9.17) is 0 Å². The summed E-state index contributed by atoms with van der Waals surface area (Å²) in [4.78, 5) is 12.1. The molecule has 0 atom stereocenters. The molecule has 2 aromatic rings. The second-order valence-electron chi connectivity index (χ2n) is 5.08. The van der Waals surface area contributed by atoms with E-state index in [9.17, 15) is 4.79 Å². The van der Waals surface area contributed by atoms with Gasteiger partial charge >= 0.3 is 0 Å². The lowest BCUT2D eigenvalue weighted by Gasteiger charge is -2.07. The minimum atomic E-state index is -0.0843. The van der Waals surface area contributed by atoms with Gasteiger partial charge in [0.25, 0.3) is 5.91 Å². The van der Waals surface area contributed by atoms with Crippen molar-refractivity contribution in [2.24, 2.45) is 0 Å². The molecule has 21 heavy (non-hydrogen) atoms. The molecule has 2 aromatic carbocycles. The molecule has 0 bridgehead atoms. The number of anilines is 2. The Kier molecular flexibility index (Phi) is 5.38. The van der Waals surface area contributed by atoms with Gasteiger partial charge in [-0.1, -0.05) is 25.5 Å². The highest BCUT2D eigenvalue weighted by molar-refractivity contribution is 6.04. The van der Waals surface area contributed by atoms with Gasteiger partial charge in [0.15, 0.2) is 0 Å². The second-order valence-corrected chi connectivity index (χ2v) is 5.08. The molecule has 0 saturated heterocycles. The predicted molar refractivity (Wildman–Crippen MR) is 89.0 cm³/mol. The Labute approximate surface area is 126 Å². The van der Waals surface area contributed by atoms with E-state index in [1.54, 1.807) is 0 Å². The van der Waals surface area contributed by atoms with Gasteiger partial charge in [-0.15, -0.1) is 0 Å². The molecular formula is C18H22N2O. The molecule has 0 aliphatic carbocycles. The largest absolute Gasteiger partial charge is 0.388 e. The lowest BCUT2D eigenvalue weighted by molar-refractivity contribution is 0.102. The summed E-state index contributed by atoms with van der Waals surface area (Å²) in [5.41, 5.74) is 3.79. The third-order valence-corrected chi connectivity index (χ3v) is 3.47. The Morgan fingerprint density at radius 2 is 1.57 bits per heavy atom. The van der Waals surface area contributed by atoms with Gasteiger partial charge in [-0.05, 0) is 54.8 Å². The molecule has 0 spiro atoms. The summed E-state index contributed by atoms with van der Waals surface area (Å²) in [5.74, 6) is -0.0843. The second kappa shape index (κ2) is 7.48. The molecule has 2 N–H and O–H groups in total. The SMILES string of the molecule is CCCCc1ccc(NC(=O)c2ccc(NC)cc2)cc1. The van der Waals surface area contributed by atoms with E-state index in [1.165, 1.54) is 18.4 Å². The molecule has 0 radical (unpaired) electrons. The number of carbonyl (C=O) groups is 1. The van der Waals surface area contributed by atoms with E-state index in [-0.39, 0.29) is 5.91 Å². The zero-order valence-corrected chi connectivity index (χ0v) is 12.6.